The standard InChI is InChI=1S/C9H18N2O2/c1-2-13-7-3-6-10-9(12)11-8-4-5-8/h8H,2-7H2,1H3,(H2,10,11,12). The average Bonchev–Trinajstić information content (AvgIpc) is 2.88. The van der Waals surface area contributed by atoms with Crippen LogP contribution in [0.5, 0.6) is 0 Å². The molecule has 1 fully saturated rings. The molecule has 1 rings (SSSR count). The first-order chi connectivity index (χ1) is 6.33. The molecule has 1 aliphatic carbocycles. The molecule has 0 saturated heterocycles. The Balaban J connectivity index is 1.83. The molecule has 2 amide bonds. The molecule has 1 saturated carbocycles. The van der Waals surface area contributed by atoms with Crippen LogP contribution in [-0.4, -0.2) is 31.8 Å². The number of nitrogens with one attached hydrogen (secondary N) is 2. The number of carbonyl (C=O) groups excluding carboxylic acids is 1. The van der Waals surface area contributed by atoms with Crippen LogP contribution < -0.4 is 10.6 Å². The summed E-state index contributed by atoms with van der Waals surface area (Å²) in [6.45, 7) is 4.13. The Kier molecular flexibility index (Phi) is 4.60. The molecule has 0 aromatic heterocycles. The molecule has 0 aromatic rings. The van der Waals surface area contributed by atoms with Gasteiger partial charge in [0, 0.05) is 25.8 Å². The maximum Gasteiger partial charge on any atom is 0.315 e. The van der Waals surface area contributed by atoms with Crippen LogP contribution in [0.15, 0.2) is 0 Å². The highest BCUT2D eigenvalue weighted by Gasteiger charge is 2.22. The molecule has 0 atom stereocenters. The van der Waals surface area contributed by atoms with E-state index >= 15 is 0 Å². The Morgan fingerprint density at radius 3 is 2.92 bits per heavy atom. The second-order valence-electron chi connectivity index (χ2n) is 3.22. The number of hydrogen-bond acceptors (Lipinski definition) is 2. The van der Waals surface area contributed by atoms with Gasteiger partial charge in [-0.2, -0.15) is 0 Å². The largest absolute Gasteiger partial charge is 0.382 e. The van der Waals surface area contributed by atoms with E-state index in [1.165, 1.54) is 0 Å². The van der Waals surface area contributed by atoms with Crippen molar-refractivity contribution >= 4 is 6.03 Å². The van der Waals surface area contributed by atoms with Gasteiger partial charge in [0.05, 0.1) is 0 Å². The number of amides is 2. The molecular formula is C9H18N2O2. The van der Waals surface area contributed by atoms with Gasteiger partial charge in [0.25, 0.3) is 0 Å². The molecule has 0 unspecified atom stereocenters. The van der Waals surface area contributed by atoms with Gasteiger partial charge in [-0.25, -0.2) is 4.79 Å². The van der Waals surface area contributed by atoms with Gasteiger partial charge < -0.3 is 15.4 Å². The highest BCUT2D eigenvalue weighted by molar-refractivity contribution is 5.74. The van der Waals surface area contributed by atoms with Gasteiger partial charge in [-0.05, 0) is 26.2 Å². The summed E-state index contributed by atoms with van der Waals surface area (Å²) in [7, 11) is 0. The third kappa shape index (κ3) is 5.47. The minimum atomic E-state index is -0.0426. The third-order valence-corrected chi connectivity index (χ3v) is 1.87. The Hall–Kier alpha value is -0.770. The number of ether oxygens (including phenoxy) is 1. The summed E-state index contributed by atoms with van der Waals surface area (Å²) >= 11 is 0. The highest BCUT2D eigenvalue weighted by atomic mass is 16.5. The molecule has 0 aromatic carbocycles. The van der Waals surface area contributed by atoms with Crippen LogP contribution in [0.25, 0.3) is 0 Å². The second kappa shape index (κ2) is 5.80. The monoisotopic (exact) mass is 186 g/mol. The van der Waals surface area contributed by atoms with E-state index < -0.39 is 0 Å². The van der Waals surface area contributed by atoms with Crippen molar-refractivity contribution in [3.63, 3.8) is 0 Å². The van der Waals surface area contributed by atoms with E-state index in [-0.39, 0.29) is 6.03 Å². The van der Waals surface area contributed by atoms with Crippen molar-refractivity contribution in [3.05, 3.63) is 0 Å². The van der Waals surface area contributed by atoms with Crippen LogP contribution in [-0.2, 0) is 4.74 Å². The fourth-order valence-corrected chi connectivity index (χ4v) is 0.985. The zero-order valence-corrected chi connectivity index (χ0v) is 8.14. The smallest absolute Gasteiger partial charge is 0.315 e. The molecule has 76 valence electrons. The van der Waals surface area contributed by atoms with Crippen molar-refractivity contribution in [1.29, 1.82) is 0 Å². The van der Waals surface area contributed by atoms with Crippen molar-refractivity contribution in [2.24, 2.45) is 0 Å². The van der Waals surface area contributed by atoms with Crippen molar-refractivity contribution in [2.75, 3.05) is 19.8 Å². The van der Waals surface area contributed by atoms with Crippen molar-refractivity contribution in [2.45, 2.75) is 32.2 Å². The maximum atomic E-state index is 11.1. The summed E-state index contributed by atoms with van der Waals surface area (Å²) in [5.74, 6) is 0. The van der Waals surface area contributed by atoms with Gasteiger partial charge >= 0.3 is 6.03 Å². The molecule has 13 heavy (non-hydrogen) atoms. The van der Waals surface area contributed by atoms with Gasteiger partial charge in [-0.1, -0.05) is 0 Å². The van der Waals surface area contributed by atoms with Crippen LogP contribution in [0.4, 0.5) is 4.79 Å². The fourth-order valence-electron chi connectivity index (χ4n) is 0.985. The lowest BCUT2D eigenvalue weighted by Crippen LogP contribution is -2.37. The summed E-state index contributed by atoms with van der Waals surface area (Å²) in [4.78, 5) is 11.1. The first-order valence-electron chi connectivity index (χ1n) is 4.95. The second-order valence-corrected chi connectivity index (χ2v) is 3.22. The van der Waals surface area contributed by atoms with Crippen LogP contribution in [0.3, 0.4) is 0 Å². The lowest BCUT2D eigenvalue weighted by atomic mass is 10.4. The Morgan fingerprint density at radius 2 is 2.31 bits per heavy atom. The zero-order chi connectivity index (χ0) is 9.52. The van der Waals surface area contributed by atoms with Gasteiger partial charge in [0.1, 0.15) is 0 Å². The zero-order valence-electron chi connectivity index (χ0n) is 8.14. The summed E-state index contributed by atoms with van der Waals surface area (Å²) in [6.07, 6.45) is 3.14. The molecule has 1 aliphatic rings. The number of carbonyl (C=O) groups is 1. The van der Waals surface area contributed by atoms with Gasteiger partial charge in [0.15, 0.2) is 0 Å². The first-order valence-corrected chi connectivity index (χ1v) is 4.95. The van der Waals surface area contributed by atoms with E-state index in [1.54, 1.807) is 0 Å². The topological polar surface area (TPSA) is 50.4 Å². The molecule has 0 aliphatic heterocycles. The fraction of sp³-hybridized carbons (Fsp3) is 0.889. The van der Waals surface area contributed by atoms with E-state index in [0.717, 1.165) is 32.5 Å². The Morgan fingerprint density at radius 1 is 1.54 bits per heavy atom. The number of urea groups is 1. The molecule has 0 spiro atoms. The van der Waals surface area contributed by atoms with Crippen molar-refractivity contribution in [3.8, 4) is 0 Å². The molecule has 2 N–H and O–H groups in total. The van der Waals surface area contributed by atoms with Crippen LogP contribution in [0.1, 0.15) is 26.2 Å². The third-order valence-electron chi connectivity index (χ3n) is 1.87. The van der Waals surface area contributed by atoms with Crippen molar-refractivity contribution < 1.29 is 9.53 Å². The SMILES string of the molecule is CCOCCCNC(=O)NC1CC1. The lowest BCUT2D eigenvalue weighted by Gasteiger charge is -2.05. The molecular weight excluding hydrogens is 168 g/mol. The van der Waals surface area contributed by atoms with Crippen LogP contribution in [0, 0.1) is 0 Å². The predicted octanol–water partition coefficient (Wildman–Crippen LogP) is 0.875. The van der Waals surface area contributed by atoms with Gasteiger partial charge in [0.2, 0.25) is 0 Å². The van der Waals surface area contributed by atoms with Crippen LogP contribution >= 0.6 is 0 Å². The van der Waals surface area contributed by atoms with Crippen molar-refractivity contribution in [1.82, 2.24) is 10.6 Å². The molecule has 0 heterocycles. The molecule has 4 heteroatoms. The first kappa shape index (κ1) is 10.3. The summed E-state index contributed by atoms with van der Waals surface area (Å²) in [5.41, 5.74) is 0. The maximum absolute atomic E-state index is 11.1. The van der Waals surface area contributed by atoms with E-state index in [0.29, 0.717) is 12.6 Å². The molecule has 0 bridgehead atoms. The van der Waals surface area contributed by atoms with E-state index in [1.807, 2.05) is 6.92 Å². The minimum absolute atomic E-state index is 0.0426. The normalized spacial score (nSPS) is 15.5. The summed E-state index contributed by atoms with van der Waals surface area (Å²) in [5, 5.41) is 5.64. The highest BCUT2D eigenvalue weighted by Crippen LogP contribution is 2.18. The number of rotatable bonds is 6. The molecule has 0 radical (unpaired) electrons. The van der Waals surface area contributed by atoms with Crippen LogP contribution in [0.2, 0.25) is 0 Å². The quantitative estimate of drug-likeness (QED) is 0.605. The average molecular weight is 186 g/mol. The Bertz CT molecular complexity index is 158. The van der Waals surface area contributed by atoms with Gasteiger partial charge in [-0.3, -0.25) is 0 Å². The molecule has 4 nitrogen and oxygen atoms in total. The lowest BCUT2D eigenvalue weighted by molar-refractivity contribution is 0.145. The van der Waals surface area contributed by atoms with E-state index in [2.05, 4.69) is 10.6 Å². The predicted molar refractivity (Wildman–Crippen MR) is 50.7 cm³/mol. The van der Waals surface area contributed by atoms with E-state index in [4.69, 9.17) is 4.74 Å². The van der Waals surface area contributed by atoms with E-state index in [9.17, 15) is 4.79 Å². The van der Waals surface area contributed by atoms with Gasteiger partial charge in [-0.15, -0.1) is 0 Å². The summed E-state index contributed by atoms with van der Waals surface area (Å²) < 4.78 is 5.14. The number of hydrogen-bond donors (Lipinski definition) is 2. The Labute approximate surface area is 79.0 Å². The minimum Gasteiger partial charge on any atom is -0.382 e. The summed E-state index contributed by atoms with van der Waals surface area (Å²) in [6, 6.07) is 0.394.